The molecule has 4 aromatic heterocycles. The minimum atomic E-state index is -0.145. The first kappa shape index (κ1) is 89.0. The molecule has 0 aliphatic rings. The summed E-state index contributed by atoms with van der Waals surface area (Å²) in [6.07, 6.45) is 1.63. The topological polar surface area (TPSA) is 75.9 Å². The van der Waals surface area contributed by atoms with Crippen LogP contribution in [0.2, 0.25) is 0 Å². The molecule has 14 rings (SSSR count). The monoisotopic (exact) mass is 1830 g/mol. The number of benzene rings is 10. The van der Waals surface area contributed by atoms with Crippen molar-refractivity contribution in [1.82, 2.24) is 9.13 Å². The van der Waals surface area contributed by atoms with Crippen molar-refractivity contribution in [1.29, 1.82) is 0 Å². The van der Waals surface area contributed by atoms with Crippen LogP contribution in [0.5, 0.6) is 23.0 Å². The van der Waals surface area contributed by atoms with Gasteiger partial charge in [-0.15, -0.1) is 22.7 Å². The van der Waals surface area contributed by atoms with E-state index in [1.54, 1.807) is 22.7 Å². The van der Waals surface area contributed by atoms with Crippen LogP contribution in [-0.4, -0.2) is 42.0 Å². The number of hydrogen-bond acceptors (Lipinski definition) is 4. The molecule has 0 spiro atoms. The number of hydrogen-bond donors (Lipinski definition) is 2. The van der Waals surface area contributed by atoms with Crippen LogP contribution in [0.3, 0.4) is 0 Å². The number of para-hydroxylation sites is 2. The summed E-state index contributed by atoms with van der Waals surface area (Å²) in [5, 5.41) is 36.3. The summed E-state index contributed by atoms with van der Waals surface area (Å²) in [5.41, 5.74) is 34.5. The number of nitrogens with zero attached hydrogens (tertiary/aromatic N) is 2. The molecule has 10 aromatic carbocycles. The van der Waals surface area contributed by atoms with Gasteiger partial charge in [0, 0.05) is 68.4 Å². The van der Waals surface area contributed by atoms with Crippen LogP contribution in [0.1, 0.15) is 317 Å². The van der Waals surface area contributed by atoms with Gasteiger partial charge in [-0.05, 0) is 243 Å². The number of rotatable bonds is 27. The van der Waals surface area contributed by atoms with E-state index in [1.165, 1.54) is 133 Å². The average molecular weight is 1830 g/mol. The second-order valence-corrected chi connectivity index (χ2v) is 50.0. The van der Waals surface area contributed by atoms with Crippen molar-refractivity contribution in [3.8, 4) is 99.8 Å². The fourth-order valence-corrected chi connectivity index (χ4v) is 19.9. The van der Waals surface area contributed by atoms with Crippen LogP contribution in [0, 0.1) is 0 Å². The van der Waals surface area contributed by atoms with Gasteiger partial charge in [0.2, 0.25) is 0 Å². The molecule has 11 heteroatoms. The standard InChI is InChI=1S/C108H124N2O4S2.2BrH.Zr/c1-59(2)75-49-81(63(9)10)101(82(50-75)64(11)12)71-35-39-95-89(45-71)90-46-72(102-83(65(13)14)51-76(60(3)4)52-84(102)66(15)16)36-40-96(90)109(95)107-105(111)93(57-115-107)79-31-25-27-33-99(79)113-43-29-30-44-114-100-34-28-26-32-80(100)94-58-116-108(106(94)112)110-97-41-37-73(103-85(67(17)18)53-77(61(5)6)54-86(103)68(19)20)47-91(97)92-48-74(38-42-98(92)110)104-87(69(21)22)55-78(62(7)8)56-88(104)70(23)24;;;/h25-28,31-42,45-70,111-112H,29-30,43-44H2,1-24H3;2*1H;/q;;;+2. The van der Waals surface area contributed by atoms with Crippen LogP contribution in [-0.2, 0) is 18.5 Å². The van der Waals surface area contributed by atoms with E-state index in [-0.39, 0.29) is 30.0 Å². The number of aliphatic hydroxyl groups is 2. The van der Waals surface area contributed by atoms with Crippen LogP contribution in [0.15, 0.2) is 181 Å². The Kier molecular flexibility index (Phi) is 28.1. The van der Waals surface area contributed by atoms with E-state index in [0.717, 1.165) is 78.7 Å². The number of fused-ring (bicyclic) bond motifs is 6. The summed E-state index contributed by atoms with van der Waals surface area (Å²) in [7, 11) is 0. The molecule has 0 atom stereocenters. The zero-order chi connectivity index (χ0) is 85.6. The Morgan fingerprint density at radius 2 is 0.513 bits per heavy atom. The quantitative estimate of drug-likeness (QED) is 0.0398. The van der Waals surface area contributed by atoms with Crippen molar-refractivity contribution >= 4 is 90.7 Å². The third-order valence-corrected chi connectivity index (χ3v) is 26.5. The molecule has 119 heavy (non-hydrogen) atoms. The fourth-order valence-electron chi connectivity index (χ4n) is 17.9. The van der Waals surface area contributed by atoms with Gasteiger partial charge in [-0.3, -0.25) is 9.13 Å². The number of thiophene rings is 2. The van der Waals surface area contributed by atoms with Crippen molar-refractivity contribution in [2.24, 2.45) is 0 Å². The predicted octanol–water partition coefficient (Wildman–Crippen LogP) is 34.5. The zero-order valence-corrected chi connectivity index (χ0v) is 82.1. The van der Waals surface area contributed by atoms with Gasteiger partial charge in [-0.25, -0.2) is 0 Å². The molecule has 14 aromatic rings. The van der Waals surface area contributed by atoms with Crippen molar-refractivity contribution < 1.29 is 38.2 Å². The van der Waals surface area contributed by atoms with Crippen molar-refractivity contribution in [3.05, 3.63) is 247 Å². The molecule has 6 nitrogen and oxygen atoms in total. The van der Waals surface area contributed by atoms with Gasteiger partial charge in [-0.2, -0.15) is 0 Å². The summed E-state index contributed by atoms with van der Waals surface area (Å²) in [5.74, 6) is 6.48. The van der Waals surface area contributed by atoms with Gasteiger partial charge in [0.1, 0.15) is 10.0 Å². The van der Waals surface area contributed by atoms with E-state index in [4.69, 9.17) is 9.47 Å². The summed E-state index contributed by atoms with van der Waals surface area (Å²) in [6, 6.07) is 64.7. The maximum atomic E-state index is 12.9. The van der Waals surface area contributed by atoms with Gasteiger partial charge < -0.3 is 19.7 Å². The second-order valence-electron chi connectivity index (χ2n) is 36.9. The Morgan fingerprint density at radius 1 is 0.294 bits per heavy atom. The minimum absolute atomic E-state index is 0.145. The van der Waals surface area contributed by atoms with Crippen LogP contribution < -0.4 is 0 Å². The van der Waals surface area contributed by atoms with Crippen molar-refractivity contribution in [3.63, 3.8) is 0 Å². The second kappa shape index (κ2) is 37.5. The normalized spacial score (nSPS) is 12.2. The Balaban J connectivity index is 0.00000403. The maximum absolute atomic E-state index is 12.9. The van der Waals surface area contributed by atoms with Crippen molar-refractivity contribution in [2.75, 3.05) is 13.2 Å². The van der Waals surface area contributed by atoms with Crippen molar-refractivity contribution in [2.45, 2.75) is 250 Å². The van der Waals surface area contributed by atoms with Crippen LogP contribution in [0.25, 0.3) is 120 Å². The Morgan fingerprint density at radius 3 is 0.723 bits per heavy atom. The van der Waals surface area contributed by atoms with E-state index in [9.17, 15) is 10.2 Å². The molecule has 0 aliphatic heterocycles. The van der Waals surface area contributed by atoms with Gasteiger partial charge in [0.25, 0.3) is 11.5 Å². The molecule has 620 valence electrons. The predicted molar refractivity (Wildman–Crippen MR) is 522 cm³/mol. The van der Waals surface area contributed by atoms with E-state index >= 15 is 0 Å². The van der Waals surface area contributed by atoms with Gasteiger partial charge in [0.05, 0.1) is 33.2 Å². The molecule has 0 bridgehead atoms. The summed E-state index contributed by atoms with van der Waals surface area (Å²) in [4.78, 5) is 0. The summed E-state index contributed by atoms with van der Waals surface area (Å²) < 4.78 is 15.2. The molecule has 4 N–H and O–H groups in total. The fraction of sp³-hybridized carbons (Fsp3) is 0.370. The third kappa shape index (κ3) is 17.8. The molecular weight excluding hydrogens is 1700 g/mol. The third-order valence-electron chi connectivity index (χ3n) is 24.6. The summed E-state index contributed by atoms with van der Waals surface area (Å²) in [6.45, 7) is 57.1. The molecule has 0 fully saturated rings. The van der Waals surface area contributed by atoms with Crippen LogP contribution in [0.4, 0.5) is 0 Å². The Labute approximate surface area is 741 Å². The molecule has 0 aliphatic carbocycles. The van der Waals surface area contributed by atoms with E-state index in [2.05, 4.69) is 368 Å². The first-order chi connectivity index (χ1) is 56.7. The number of ether oxygens (including phenoxy) is 2. The molecule has 0 radical (unpaired) electrons. The number of aromatic hydroxyl groups is 4. The van der Waals surface area contributed by atoms with E-state index < -0.39 is 0 Å². The van der Waals surface area contributed by atoms with E-state index in [0.29, 0.717) is 84.2 Å². The van der Waals surface area contributed by atoms with Gasteiger partial charge in [-0.1, -0.05) is 263 Å². The zero-order valence-electron chi connectivity index (χ0n) is 74.8. The molecule has 0 amide bonds. The first-order valence-corrected chi connectivity index (χ1v) is 56.7. The van der Waals surface area contributed by atoms with E-state index in [1.807, 2.05) is 12.1 Å². The molecule has 0 saturated heterocycles. The van der Waals surface area contributed by atoms with Gasteiger partial charge >= 0.3 is 43.0 Å². The van der Waals surface area contributed by atoms with Crippen LogP contribution >= 0.6 is 47.1 Å². The molecule has 0 unspecified atom stereocenters. The average Bonchev–Trinajstić information content (AvgIpc) is 1.58. The molecule has 4 heterocycles. The first-order valence-electron chi connectivity index (χ1n) is 43.7. The SMILES string of the molecule is CC(C)c1cc(C(C)C)c(-c2ccc3c(c2)c2cc(-c4c(C(C)C)cc(C(C)C)cc4C(C)C)ccc2n3-c2scc(-c3ccccc3[OH+]CCCC[OH+]c3ccccc3-c3csc(-n4c5ccc(-c6c(C(C)C)cc(C(C)C)cc6C(C)C)cc5c5cc(-c6c(C(C)C)cc(C(C)C)cc6C(C)C)ccc54)c3O)c2O)c(C(C)C)c1.[Br][Zr][Br]. The number of unbranched alkanes of at least 4 members (excludes halogenated alkanes) is 1. The molecular formula is C108H126Br2N2O4S2Zr+2. The summed E-state index contributed by atoms with van der Waals surface area (Å²) >= 11 is 9.49. The Bertz CT molecular complexity index is 5280. The Hall–Kier alpha value is -7.76. The van der Waals surface area contributed by atoms with Gasteiger partial charge in [0.15, 0.2) is 24.7 Å². The number of halogens is 2. The number of aromatic nitrogens is 2. The molecule has 0 saturated carbocycles.